The lowest BCUT2D eigenvalue weighted by molar-refractivity contribution is 0.0996. The molecule has 4 aromatic rings. The molecule has 1 N–H and O–H groups in total. The molecule has 0 saturated carbocycles. The zero-order valence-corrected chi connectivity index (χ0v) is 13.9. The molecule has 0 radical (unpaired) electrons. The zero-order valence-electron chi connectivity index (χ0n) is 12.3. The molecule has 4 rings (SSSR count). The van der Waals surface area contributed by atoms with Crippen molar-refractivity contribution in [2.24, 2.45) is 0 Å². The van der Waals surface area contributed by atoms with Crippen molar-refractivity contribution in [2.75, 3.05) is 5.32 Å². The number of fused-ring (bicyclic) bond motifs is 1. The van der Waals surface area contributed by atoms with Crippen LogP contribution in [0.4, 0.5) is 5.69 Å². The van der Waals surface area contributed by atoms with Gasteiger partial charge in [0.25, 0.3) is 5.91 Å². The van der Waals surface area contributed by atoms with Gasteiger partial charge in [0.05, 0.1) is 21.5 Å². The van der Waals surface area contributed by atoms with Crippen LogP contribution in [0.5, 0.6) is 0 Å². The molecule has 0 unspecified atom stereocenters. The second-order valence-corrected chi connectivity index (χ2v) is 6.55. The molecule has 6 heteroatoms. The van der Waals surface area contributed by atoms with Crippen LogP contribution in [0, 0.1) is 0 Å². The molecule has 0 saturated heterocycles. The molecule has 4 nitrogen and oxygen atoms in total. The van der Waals surface area contributed by atoms with Crippen molar-refractivity contribution < 1.29 is 9.21 Å². The molecule has 2 heterocycles. The van der Waals surface area contributed by atoms with E-state index in [2.05, 4.69) is 10.3 Å². The van der Waals surface area contributed by atoms with Gasteiger partial charge in [-0.25, -0.2) is 4.98 Å². The number of furan rings is 1. The lowest BCUT2D eigenvalue weighted by atomic mass is 10.2. The number of nitrogens with zero attached hydrogens (tertiary/aromatic N) is 1. The Morgan fingerprint density at radius 2 is 2.00 bits per heavy atom. The molecule has 1 amide bonds. The third-order valence-corrected chi connectivity index (χ3v) is 4.88. The van der Waals surface area contributed by atoms with E-state index >= 15 is 0 Å². The summed E-state index contributed by atoms with van der Waals surface area (Å²) in [6.45, 7) is 0. The van der Waals surface area contributed by atoms with Gasteiger partial charge in [0, 0.05) is 11.3 Å². The Balaban J connectivity index is 1.63. The summed E-state index contributed by atoms with van der Waals surface area (Å²) in [6, 6.07) is 16.6. The molecule has 0 bridgehead atoms. The van der Waals surface area contributed by atoms with Crippen LogP contribution in [0.25, 0.3) is 20.8 Å². The quantitative estimate of drug-likeness (QED) is 0.531. The fourth-order valence-electron chi connectivity index (χ4n) is 2.35. The number of carbonyl (C=O) groups excluding carboxylic acids is 1. The van der Waals surface area contributed by atoms with Gasteiger partial charge in [0.2, 0.25) is 0 Å². The first-order valence-electron chi connectivity index (χ1n) is 7.21. The van der Waals surface area contributed by atoms with Crippen LogP contribution in [0.2, 0.25) is 5.02 Å². The zero-order chi connectivity index (χ0) is 16.5. The van der Waals surface area contributed by atoms with E-state index in [-0.39, 0.29) is 11.7 Å². The monoisotopic (exact) mass is 354 g/mol. The average molecular weight is 355 g/mol. The lowest BCUT2D eigenvalue weighted by Crippen LogP contribution is -2.10. The van der Waals surface area contributed by atoms with E-state index in [9.17, 15) is 4.79 Å². The number of hydrogen-bond donors (Lipinski definition) is 1. The topological polar surface area (TPSA) is 55.1 Å². The normalized spacial score (nSPS) is 10.9. The van der Waals surface area contributed by atoms with Crippen molar-refractivity contribution >= 4 is 44.7 Å². The summed E-state index contributed by atoms with van der Waals surface area (Å²) in [5, 5.41) is 4.14. The van der Waals surface area contributed by atoms with Crippen molar-refractivity contribution in [3.63, 3.8) is 0 Å². The van der Waals surface area contributed by atoms with E-state index in [1.165, 1.54) is 6.26 Å². The van der Waals surface area contributed by atoms with E-state index in [1.807, 2.05) is 30.3 Å². The maximum absolute atomic E-state index is 12.0. The molecule has 0 aliphatic carbocycles. The highest BCUT2D eigenvalue weighted by molar-refractivity contribution is 7.21. The smallest absolute Gasteiger partial charge is 0.291 e. The number of thiazole rings is 1. The number of carbonyl (C=O) groups is 1. The number of rotatable bonds is 3. The third kappa shape index (κ3) is 2.79. The second kappa shape index (κ2) is 6.11. The van der Waals surface area contributed by atoms with Gasteiger partial charge >= 0.3 is 0 Å². The highest BCUT2D eigenvalue weighted by Gasteiger charge is 2.13. The largest absolute Gasteiger partial charge is 0.459 e. The van der Waals surface area contributed by atoms with Gasteiger partial charge in [0.15, 0.2) is 5.76 Å². The molecular formula is C18H11ClN2O2S. The van der Waals surface area contributed by atoms with Crippen molar-refractivity contribution in [3.8, 4) is 10.6 Å². The maximum atomic E-state index is 12.0. The summed E-state index contributed by atoms with van der Waals surface area (Å²) >= 11 is 7.98. The number of hydrogen-bond acceptors (Lipinski definition) is 4. The van der Waals surface area contributed by atoms with Gasteiger partial charge in [0.1, 0.15) is 5.01 Å². The number of halogens is 1. The highest BCUT2D eigenvalue weighted by atomic mass is 35.5. The Kier molecular flexibility index (Phi) is 3.80. The standard InChI is InChI=1S/C18H11ClN2O2S/c19-13-10-11(20-17(22)15-5-3-9-23-15)7-8-12(13)18-21-14-4-1-2-6-16(14)24-18/h1-10H,(H,20,22). The van der Waals surface area contributed by atoms with E-state index in [4.69, 9.17) is 16.0 Å². The summed E-state index contributed by atoms with van der Waals surface area (Å²) in [6.07, 6.45) is 1.46. The number of aromatic nitrogens is 1. The van der Waals surface area contributed by atoms with Crippen LogP contribution in [0.1, 0.15) is 10.6 Å². The van der Waals surface area contributed by atoms with E-state index in [0.717, 1.165) is 20.8 Å². The molecule has 0 fully saturated rings. The van der Waals surface area contributed by atoms with Crippen molar-refractivity contribution in [1.29, 1.82) is 0 Å². The van der Waals surface area contributed by atoms with Gasteiger partial charge in [-0.1, -0.05) is 23.7 Å². The van der Waals surface area contributed by atoms with Crippen LogP contribution < -0.4 is 5.32 Å². The number of para-hydroxylation sites is 1. The van der Waals surface area contributed by atoms with Gasteiger partial charge in [-0.2, -0.15) is 0 Å². The molecule has 0 aliphatic rings. The molecule has 2 aromatic carbocycles. The van der Waals surface area contributed by atoms with Crippen molar-refractivity contribution in [2.45, 2.75) is 0 Å². The Labute approximate surface area is 146 Å². The highest BCUT2D eigenvalue weighted by Crippen LogP contribution is 2.35. The van der Waals surface area contributed by atoms with E-state index < -0.39 is 0 Å². The summed E-state index contributed by atoms with van der Waals surface area (Å²) < 4.78 is 6.18. The number of anilines is 1. The molecule has 0 aliphatic heterocycles. The van der Waals surface area contributed by atoms with Crippen molar-refractivity contribution in [3.05, 3.63) is 71.6 Å². The molecule has 0 spiro atoms. The molecule has 0 atom stereocenters. The summed E-state index contributed by atoms with van der Waals surface area (Å²) in [5.41, 5.74) is 2.39. The fraction of sp³-hybridized carbons (Fsp3) is 0. The van der Waals surface area contributed by atoms with E-state index in [0.29, 0.717) is 10.7 Å². The Hall–Kier alpha value is -2.63. The number of nitrogens with one attached hydrogen (secondary N) is 1. The third-order valence-electron chi connectivity index (χ3n) is 3.50. The first kappa shape index (κ1) is 14.9. The first-order chi connectivity index (χ1) is 11.7. The van der Waals surface area contributed by atoms with Gasteiger partial charge in [-0.3, -0.25) is 4.79 Å². The second-order valence-electron chi connectivity index (χ2n) is 5.11. The molecule has 118 valence electrons. The number of benzene rings is 2. The minimum absolute atomic E-state index is 0.251. The summed E-state index contributed by atoms with van der Waals surface area (Å²) in [4.78, 5) is 16.6. The van der Waals surface area contributed by atoms with Crippen LogP contribution in [0.3, 0.4) is 0 Å². The van der Waals surface area contributed by atoms with Gasteiger partial charge < -0.3 is 9.73 Å². The maximum Gasteiger partial charge on any atom is 0.291 e. The van der Waals surface area contributed by atoms with Gasteiger partial charge in [-0.15, -0.1) is 11.3 Å². The SMILES string of the molecule is O=C(Nc1ccc(-c2nc3ccccc3s2)c(Cl)c1)c1ccco1. The molecule has 24 heavy (non-hydrogen) atoms. The predicted molar refractivity (Wildman–Crippen MR) is 96.7 cm³/mol. The Morgan fingerprint density at radius 3 is 2.75 bits per heavy atom. The summed E-state index contributed by atoms with van der Waals surface area (Å²) in [5.74, 6) is -0.0647. The van der Waals surface area contributed by atoms with E-state index in [1.54, 1.807) is 35.6 Å². The van der Waals surface area contributed by atoms with Crippen LogP contribution in [-0.4, -0.2) is 10.9 Å². The number of amides is 1. The van der Waals surface area contributed by atoms with Crippen LogP contribution in [-0.2, 0) is 0 Å². The first-order valence-corrected chi connectivity index (χ1v) is 8.40. The average Bonchev–Trinajstić information content (AvgIpc) is 3.24. The van der Waals surface area contributed by atoms with Gasteiger partial charge in [-0.05, 0) is 42.5 Å². The molecular weight excluding hydrogens is 344 g/mol. The Morgan fingerprint density at radius 1 is 1.12 bits per heavy atom. The molecule has 2 aromatic heterocycles. The predicted octanol–water partition coefficient (Wildman–Crippen LogP) is 5.46. The lowest BCUT2D eigenvalue weighted by Gasteiger charge is -2.06. The fourth-order valence-corrected chi connectivity index (χ4v) is 3.69. The van der Waals surface area contributed by atoms with Crippen LogP contribution in [0.15, 0.2) is 65.3 Å². The van der Waals surface area contributed by atoms with Crippen LogP contribution >= 0.6 is 22.9 Å². The van der Waals surface area contributed by atoms with Crippen molar-refractivity contribution in [1.82, 2.24) is 4.98 Å². The Bertz CT molecular complexity index is 992. The summed E-state index contributed by atoms with van der Waals surface area (Å²) in [7, 11) is 0. The minimum Gasteiger partial charge on any atom is -0.459 e. The minimum atomic E-state index is -0.316.